The van der Waals surface area contributed by atoms with Crippen LogP contribution >= 0.6 is 0 Å². The number of hydrogen-bond donors (Lipinski definition) is 1. The molecule has 0 aliphatic carbocycles. The van der Waals surface area contributed by atoms with Gasteiger partial charge in [0.05, 0.1) is 13.2 Å². The van der Waals surface area contributed by atoms with E-state index in [2.05, 4.69) is 11.6 Å². The number of pyridine rings is 1. The number of rotatable bonds is 5. The number of hydrogen-bond acceptors (Lipinski definition) is 3. The third-order valence-electron chi connectivity index (χ3n) is 1.88. The number of aliphatic hydroxyl groups is 1. The van der Waals surface area contributed by atoms with E-state index < -0.39 is 5.82 Å². The zero-order chi connectivity index (χ0) is 11.3. The highest BCUT2D eigenvalue weighted by molar-refractivity contribution is 5.22. The van der Waals surface area contributed by atoms with Gasteiger partial charge in [-0.2, -0.15) is 0 Å². The van der Waals surface area contributed by atoms with Crippen LogP contribution in [0.5, 0.6) is 5.88 Å². The van der Waals surface area contributed by atoms with Crippen LogP contribution < -0.4 is 4.74 Å². The average molecular weight is 211 g/mol. The van der Waals surface area contributed by atoms with Crippen LogP contribution in [-0.4, -0.2) is 16.7 Å². The second-order valence-corrected chi connectivity index (χ2v) is 3.30. The van der Waals surface area contributed by atoms with Gasteiger partial charge in [0, 0.05) is 18.2 Å². The molecule has 0 aliphatic rings. The second-order valence-electron chi connectivity index (χ2n) is 3.30. The lowest BCUT2D eigenvalue weighted by Crippen LogP contribution is -2.03. The number of aliphatic hydroxyl groups excluding tert-OH is 1. The largest absolute Gasteiger partial charge is 0.475 e. The van der Waals surface area contributed by atoms with Crippen LogP contribution in [0.15, 0.2) is 24.4 Å². The van der Waals surface area contributed by atoms with Crippen molar-refractivity contribution in [3.63, 3.8) is 0 Å². The Bertz CT molecular complexity index is 352. The molecule has 0 radical (unpaired) electrons. The van der Waals surface area contributed by atoms with Crippen LogP contribution in [0.25, 0.3) is 0 Å². The molecule has 0 amide bonds. The molecule has 1 aromatic rings. The van der Waals surface area contributed by atoms with Gasteiger partial charge < -0.3 is 9.84 Å². The van der Waals surface area contributed by atoms with Crippen molar-refractivity contribution in [3.05, 3.63) is 35.8 Å². The topological polar surface area (TPSA) is 42.4 Å². The van der Waals surface area contributed by atoms with Gasteiger partial charge in [0.15, 0.2) is 5.82 Å². The number of nitrogens with zero attached hydrogens (tertiary/aromatic N) is 1. The summed E-state index contributed by atoms with van der Waals surface area (Å²) in [6.07, 6.45) is 2.06. The van der Waals surface area contributed by atoms with Crippen LogP contribution in [-0.2, 0) is 6.61 Å². The fraction of sp³-hybridized carbons (Fsp3) is 0.364. The Kier molecular flexibility index (Phi) is 4.24. The molecule has 0 bridgehead atoms. The van der Waals surface area contributed by atoms with Gasteiger partial charge in [0.2, 0.25) is 0 Å². The van der Waals surface area contributed by atoms with E-state index >= 15 is 0 Å². The zero-order valence-corrected chi connectivity index (χ0v) is 8.66. The van der Waals surface area contributed by atoms with E-state index in [1.54, 1.807) is 0 Å². The molecule has 0 saturated heterocycles. The summed E-state index contributed by atoms with van der Waals surface area (Å²) in [7, 11) is 0. The summed E-state index contributed by atoms with van der Waals surface area (Å²) in [6.45, 7) is 5.57. The molecule has 0 spiro atoms. The van der Waals surface area contributed by atoms with E-state index in [1.165, 1.54) is 12.3 Å². The van der Waals surface area contributed by atoms with Crippen LogP contribution in [0.4, 0.5) is 4.39 Å². The van der Waals surface area contributed by atoms with Crippen molar-refractivity contribution in [3.8, 4) is 5.88 Å². The Morgan fingerprint density at radius 2 is 2.40 bits per heavy atom. The third kappa shape index (κ3) is 3.32. The molecule has 15 heavy (non-hydrogen) atoms. The summed E-state index contributed by atoms with van der Waals surface area (Å²) in [6, 6.07) is 1.42. The first-order chi connectivity index (χ1) is 7.15. The summed E-state index contributed by atoms with van der Waals surface area (Å²) in [4.78, 5) is 3.75. The quantitative estimate of drug-likeness (QED) is 0.758. The highest BCUT2D eigenvalue weighted by Gasteiger charge is 2.09. The predicted molar refractivity (Wildman–Crippen MR) is 55.0 cm³/mol. The monoisotopic (exact) mass is 211 g/mol. The SMILES string of the molecule is C=C(C)CCOc1nccc(CO)c1F. The number of aromatic nitrogens is 1. The summed E-state index contributed by atoms with van der Waals surface area (Å²) in [5.74, 6) is -0.662. The molecule has 0 unspecified atom stereocenters. The van der Waals surface area contributed by atoms with E-state index in [9.17, 15) is 4.39 Å². The normalized spacial score (nSPS) is 10.1. The first-order valence-electron chi connectivity index (χ1n) is 4.66. The molecule has 0 aliphatic heterocycles. The first kappa shape index (κ1) is 11.7. The average Bonchev–Trinajstić information content (AvgIpc) is 2.20. The summed E-state index contributed by atoms with van der Waals surface area (Å²) in [5.41, 5.74) is 1.16. The molecule has 82 valence electrons. The van der Waals surface area contributed by atoms with Gasteiger partial charge in [-0.05, 0) is 13.0 Å². The molecular formula is C11H14FNO2. The maximum atomic E-state index is 13.4. The smallest absolute Gasteiger partial charge is 0.250 e. The minimum Gasteiger partial charge on any atom is -0.475 e. The van der Waals surface area contributed by atoms with Crippen molar-refractivity contribution in [2.24, 2.45) is 0 Å². The van der Waals surface area contributed by atoms with E-state index in [4.69, 9.17) is 9.84 Å². The molecule has 1 heterocycles. The Balaban J connectivity index is 2.64. The molecule has 0 saturated carbocycles. The molecule has 1 N–H and O–H groups in total. The van der Waals surface area contributed by atoms with Crippen molar-refractivity contribution in [1.82, 2.24) is 4.98 Å². The van der Waals surface area contributed by atoms with Crippen LogP contribution in [0.1, 0.15) is 18.9 Å². The summed E-state index contributed by atoms with van der Waals surface area (Å²) in [5, 5.41) is 8.82. The van der Waals surface area contributed by atoms with Crippen molar-refractivity contribution in [2.75, 3.05) is 6.61 Å². The van der Waals surface area contributed by atoms with E-state index in [-0.39, 0.29) is 18.1 Å². The van der Waals surface area contributed by atoms with Gasteiger partial charge in [-0.3, -0.25) is 0 Å². The predicted octanol–water partition coefficient (Wildman–Crippen LogP) is 2.06. The van der Waals surface area contributed by atoms with Crippen LogP contribution in [0, 0.1) is 5.82 Å². The highest BCUT2D eigenvalue weighted by atomic mass is 19.1. The molecule has 0 atom stereocenters. The first-order valence-corrected chi connectivity index (χ1v) is 4.66. The molecule has 4 heteroatoms. The Labute approximate surface area is 88.2 Å². The van der Waals surface area contributed by atoms with Crippen molar-refractivity contribution in [2.45, 2.75) is 20.0 Å². The van der Waals surface area contributed by atoms with E-state index in [0.717, 1.165) is 5.57 Å². The van der Waals surface area contributed by atoms with Crippen molar-refractivity contribution < 1.29 is 14.2 Å². The second kappa shape index (κ2) is 5.46. The van der Waals surface area contributed by atoms with Gasteiger partial charge in [0.25, 0.3) is 5.88 Å². The Morgan fingerprint density at radius 3 is 3.00 bits per heavy atom. The lowest BCUT2D eigenvalue weighted by Gasteiger charge is -2.07. The van der Waals surface area contributed by atoms with E-state index in [1.807, 2.05) is 6.92 Å². The van der Waals surface area contributed by atoms with Crippen LogP contribution in [0.3, 0.4) is 0 Å². The molecule has 0 fully saturated rings. The van der Waals surface area contributed by atoms with E-state index in [0.29, 0.717) is 13.0 Å². The number of ether oxygens (including phenoxy) is 1. The molecular weight excluding hydrogens is 197 g/mol. The molecule has 1 rings (SSSR count). The zero-order valence-electron chi connectivity index (χ0n) is 8.66. The minimum absolute atomic E-state index is 0.0669. The van der Waals surface area contributed by atoms with Crippen LogP contribution in [0.2, 0.25) is 0 Å². The van der Waals surface area contributed by atoms with Gasteiger partial charge in [0.1, 0.15) is 0 Å². The fourth-order valence-electron chi connectivity index (χ4n) is 1.01. The van der Waals surface area contributed by atoms with Crippen molar-refractivity contribution in [1.29, 1.82) is 0 Å². The third-order valence-corrected chi connectivity index (χ3v) is 1.88. The molecule has 1 aromatic heterocycles. The number of halogens is 1. The lowest BCUT2D eigenvalue weighted by molar-refractivity contribution is 0.262. The maximum Gasteiger partial charge on any atom is 0.250 e. The van der Waals surface area contributed by atoms with Gasteiger partial charge in [-0.25, -0.2) is 9.37 Å². The van der Waals surface area contributed by atoms with Gasteiger partial charge >= 0.3 is 0 Å². The Morgan fingerprint density at radius 1 is 1.67 bits per heavy atom. The Hall–Kier alpha value is -1.42. The minimum atomic E-state index is -0.596. The molecule has 0 aromatic carbocycles. The summed E-state index contributed by atoms with van der Waals surface area (Å²) >= 11 is 0. The highest BCUT2D eigenvalue weighted by Crippen LogP contribution is 2.17. The van der Waals surface area contributed by atoms with Crippen molar-refractivity contribution >= 4 is 0 Å². The molecule has 3 nitrogen and oxygen atoms in total. The maximum absolute atomic E-state index is 13.4. The van der Waals surface area contributed by atoms with Gasteiger partial charge in [-0.1, -0.05) is 5.57 Å². The summed E-state index contributed by atoms with van der Waals surface area (Å²) < 4.78 is 18.6. The van der Waals surface area contributed by atoms with Gasteiger partial charge in [-0.15, -0.1) is 6.58 Å². The standard InChI is InChI=1S/C11H14FNO2/c1-8(2)4-6-15-11-10(12)9(7-14)3-5-13-11/h3,5,14H,1,4,6-7H2,2H3. The fourth-order valence-corrected chi connectivity index (χ4v) is 1.01. The lowest BCUT2D eigenvalue weighted by atomic mass is 10.2.